The van der Waals surface area contributed by atoms with E-state index in [4.69, 9.17) is 11.6 Å². The molecular weight excluding hydrogens is 224 g/mol. The molecule has 4 heteroatoms. The number of hydrogen-bond acceptors (Lipinski definition) is 2. The SMILES string of the molecule is CC(=O)c1nc2cc(Cl)ccc2n1C1CC1. The van der Waals surface area contributed by atoms with E-state index in [0.29, 0.717) is 16.9 Å². The summed E-state index contributed by atoms with van der Waals surface area (Å²) in [6.45, 7) is 1.56. The zero-order valence-corrected chi connectivity index (χ0v) is 9.66. The van der Waals surface area contributed by atoms with E-state index < -0.39 is 0 Å². The smallest absolute Gasteiger partial charge is 0.195 e. The van der Waals surface area contributed by atoms with Gasteiger partial charge in [0.25, 0.3) is 0 Å². The Kier molecular flexibility index (Phi) is 2.04. The second-order valence-corrected chi connectivity index (χ2v) is 4.66. The molecule has 1 saturated carbocycles. The van der Waals surface area contributed by atoms with E-state index in [0.717, 1.165) is 23.9 Å². The van der Waals surface area contributed by atoms with Crippen molar-refractivity contribution in [1.29, 1.82) is 0 Å². The topological polar surface area (TPSA) is 34.9 Å². The van der Waals surface area contributed by atoms with E-state index in [1.807, 2.05) is 22.8 Å². The first kappa shape index (κ1) is 9.85. The van der Waals surface area contributed by atoms with Crippen LogP contribution in [0.5, 0.6) is 0 Å². The van der Waals surface area contributed by atoms with Crippen molar-refractivity contribution in [2.24, 2.45) is 0 Å². The number of ketones is 1. The third-order valence-corrected chi connectivity index (χ3v) is 3.11. The first-order valence-corrected chi connectivity index (χ1v) is 5.73. The lowest BCUT2D eigenvalue weighted by atomic mass is 10.3. The average Bonchev–Trinajstić information content (AvgIpc) is 2.99. The number of benzene rings is 1. The molecule has 0 spiro atoms. The van der Waals surface area contributed by atoms with Crippen LogP contribution in [0.2, 0.25) is 5.02 Å². The molecular formula is C12H11ClN2O. The van der Waals surface area contributed by atoms with E-state index >= 15 is 0 Å². The molecule has 2 aromatic rings. The number of aromatic nitrogens is 2. The van der Waals surface area contributed by atoms with Gasteiger partial charge in [0, 0.05) is 18.0 Å². The zero-order chi connectivity index (χ0) is 11.3. The number of imidazole rings is 1. The fourth-order valence-corrected chi connectivity index (χ4v) is 2.19. The fraction of sp³-hybridized carbons (Fsp3) is 0.333. The van der Waals surface area contributed by atoms with Gasteiger partial charge in [-0.1, -0.05) is 11.6 Å². The third kappa shape index (κ3) is 1.43. The molecule has 0 aliphatic heterocycles. The largest absolute Gasteiger partial charge is 0.318 e. The highest BCUT2D eigenvalue weighted by Gasteiger charge is 2.29. The van der Waals surface area contributed by atoms with Crippen LogP contribution in [-0.4, -0.2) is 15.3 Å². The summed E-state index contributed by atoms with van der Waals surface area (Å²) in [5.74, 6) is 0.569. The molecule has 3 nitrogen and oxygen atoms in total. The molecule has 0 bridgehead atoms. The molecule has 1 aliphatic rings. The molecule has 82 valence electrons. The van der Waals surface area contributed by atoms with Gasteiger partial charge in [-0.15, -0.1) is 0 Å². The van der Waals surface area contributed by atoms with E-state index in [9.17, 15) is 4.79 Å². The van der Waals surface area contributed by atoms with Crippen LogP contribution < -0.4 is 0 Å². The molecule has 1 fully saturated rings. The highest BCUT2D eigenvalue weighted by molar-refractivity contribution is 6.31. The Morgan fingerprint density at radius 1 is 1.50 bits per heavy atom. The minimum Gasteiger partial charge on any atom is -0.318 e. The summed E-state index contributed by atoms with van der Waals surface area (Å²) in [6.07, 6.45) is 2.27. The van der Waals surface area contributed by atoms with Gasteiger partial charge >= 0.3 is 0 Å². The molecule has 3 rings (SSSR count). The molecule has 1 aromatic carbocycles. The second kappa shape index (κ2) is 3.32. The van der Waals surface area contributed by atoms with Crippen LogP contribution in [-0.2, 0) is 0 Å². The Morgan fingerprint density at radius 2 is 2.25 bits per heavy atom. The lowest BCUT2D eigenvalue weighted by molar-refractivity contribution is 0.1000. The molecule has 1 aliphatic carbocycles. The summed E-state index contributed by atoms with van der Waals surface area (Å²) in [5, 5.41) is 0.656. The maximum Gasteiger partial charge on any atom is 0.195 e. The summed E-state index contributed by atoms with van der Waals surface area (Å²) in [4.78, 5) is 15.9. The third-order valence-electron chi connectivity index (χ3n) is 2.88. The van der Waals surface area contributed by atoms with Gasteiger partial charge in [0.2, 0.25) is 0 Å². The van der Waals surface area contributed by atoms with Crippen molar-refractivity contribution in [3.63, 3.8) is 0 Å². The maximum atomic E-state index is 11.5. The summed E-state index contributed by atoms with van der Waals surface area (Å²) >= 11 is 5.92. The minimum atomic E-state index is 0.0132. The van der Waals surface area contributed by atoms with Crippen molar-refractivity contribution < 1.29 is 4.79 Å². The summed E-state index contributed by atoms with van der Waals surface area (Å²) < 4.78 is 2.05. The highest BCUT2D eigenvalue weighted by Crippen LogP contribution is 2.39. The lowest BCUT2D eigenvalue weighted by Crippen LogP contribution is -2.05. The Balaban J connectivity index is 2.32. The van der Waals surface area contributed by atoms with Crippen LogP contribution in [0.25, 0.3) is 11.0 Å². The second-order valence-electron chi connectivity index (χ2n) is 4.23. The van der Waals surface area contributed by atoms with Crippen molar-refractivity contribution in [3.05, 3.63) is 29.0 Å². The average molecular weight is 235 g/mol. The minimum absolute atomic E-state index is 0.0132. The highest BCUT2D eigenvalue weighted by atomic mass is 35.5. The summed E-state index contributed by atoms with van der Waals surface area (Å²) in [5.41, 5.74) is 1.82. The molecule has 0 unspecified atom stereocenters. The molecule has 0 atom stereocenters. The normalized spacial score (nSPS) is 15.6. The zero-order valence-electron chi connectivity index (χ0n) is 8.90. The first-order valence-electron chi connectivity index (χ1n) is 5.35. The molecule has 0 radical (unpaired) electrons. The van der Waals surface area contributed by atoms with E-state index in [-0.39, 0.29) is 5.78 Å². The van der Waals surface area contributed by atoms with Gasteiger partial charge in [0.05, 0.1) is 11.0 Å². The fourth-order valence-electron chi connectivity index (χ4n) is 2.02. The lowest BCUT2D eigenvalue weighted by Gasteiger charge is -2.04. The van der Waals surface area contributed by atoms with Gasteiger partial charge in [-0.3, -0.25) is 4.79 Å². The van der Waals surface area contributed by atoms with Gasteiger partial charge in [-0.25, -0.2) is 4.98 Å². The van der Waals surface area contributed by atoms with Crippen molar-refractivity contribution in [2.45, 2.75) is 25.8 Å². The molecule has 1 heterocycles. The molecule has 16 heavy (non-hydrogen) atoms. The molecule has 0 N–H and O–H groups in total. The first-order chi connectivity index (χ1) is 7.66. The number of halogens is 1. The maximum absolute atomic E-state index is 11.5. The van der Waals surface area contributed by atoms with Crippen LogP contribution in [0.3, 0.4) is 0 Å². The predicted octanol–water partition coefficient (Wildman–Crippen LogP) is 3.23. The molecule has 0 saturated heterocycles. The van der Waals surface area contributed by atoms with Gasteiger partial charge in [-0.05, 0) is 31.0 Å². The Labute approximate surface area is 98.0 Å². The van der Waals surface area contributed by atoms with Crippen LogP contribution in [0.15, 0.2) is 18.2 Å². The van der Waals surface area contributed by atoms with Crippen LogP contribution >= 0.6 is 11.6 Å². The Morgan fingerprint density at radius 3 is 2.88 bits per heavy atom. The quantitative estimate of drug-likeness (QED) is 0.748. The Bertz CT molecular complexity index is 584. The van der Waals surface area contributed by atoms with Crippen molar-refractivity contribution in [3.8, 4) is 0 Å². The Hall–Kier alpha value is -1.35. The van der Waals surface area contributed by atoms with Gasteiger partial charge < -0.3 is 4.57 Å². The number of hydrogen-bond donors (Lipinski definition) is 0. The van der Waals surface area contributed by atoms with E-state index in [2.05, 4.69) is 4.98 Å². The monoisotopic (exact) mass is 234 g/mol. The van der Waals surface area contributed by atoms with Gasteiger partial charge in [0.1, 0.15) is 0 Å². The van der Waals surface area contributed by atoms with Crippen molar-refractivity contribution >= 4 is 28.4 Å². The number of nitrogens with zero attached hydrogens (tertiary/aromatic N) is 2. The molecule has 0 amide bonds. The number of carbonyl (C=O) groups is 1. The van der Waals surface area contributed by atoms with E-state index in [1.54, 1.807) is 6.92 Å². The van der Waals surface area contributed by atoms with Crippen molar-refractivity contribution in [1.82, 2.24) is 9.55 Å². The number of carbonyl (C=O) groups excluding carboxylic acids is 1. The molecule has 1 aromatic heterocycles. The van der Waals surface area contributed by atoms with Crippen LogP contribution in [0.4, 0.5) is 0 Å². The number of rotatable bonds is 2. The van der Waals surface area contributed by atoms with E-state index in [1.165, 1.54) is 0 Å². The standard InChI is InChI=1S/C12H11ClN2O/c1-7(16)12-14-10-6-8(13)2-5-11(10)15(12)9-3-4-9/h2,5-6,9H,3-4H2,1H3. The number of Topliss-reactive ketones (excluding diaryl/α,β-unsaturated/α-hetero) is 1. The summed E-state index contributed by atoms with van der Waals surface area (Å²) in [6, 6.07) is 6.04. The summed E-state index contributed by atoms with van der Waals surface area (Å²) in [7, 11) is 0. The van der Waals surface area contributed by atoms with Gasteiger partial charge in [-0.2, -0.15) is 0 Å². The van der Waals surface area contributed by atoms with Crippen molar-refractivity contribution in [2.75, 3.05) is 0 Å². The number of fused-ring (bicyclic) bond motifs is 1. The predicted molar refractivity (Wildman–Crippen MR) is 63.0 cm³/mol. The van der Waals surface area contributed by atoms with Gasteiger partial charge in [0.15, 0.2) is 11.6 Å². The van der Waals surface area contributed by atoms with Crippen LogP contribution in [0, 0.1) is 0 Å². The van der Waals surface area contributed by atoms with Crippen LogP contribution in [0.1, 0.15) is 36.4 Å².